The van der Waals surface area contributed by atoms with Crippen LogP contribution in [0.2, 0.25) is 0 Å². The van der Waals surface area contributed by atoms with Gasteiger partial charge in [-0.3, -0.25) is 4.79 Å². The number of ketones is 1. The summed E-state index contributed by atoms with van der Waals surface area (Å²) in [5.41, 5.74) is 1.32. The van der Waals surface area contributed by atoms with Gasteiger partial charge in [-0.2, -0.15) is 0 Å². The van der Waals surface area contributed by atoms with Gasteiger partial charge in [0.15, 0.2) is 10.6 Å². The van der Waals surface area contributed by atoms with Crippen molar-refractivity contribution >= 4 is 35.2 Å². The predicted molar refractivity (Wildman–Crippen MR) is 88.3 cm³/mol. The van der Waals surface area contributed by atoms with Gasteiger partial charge >= 0.3 is 6.36 Å². The van der Waals surface area contributed by atoms with Crippen molar-refractivity contribution in [2.45, 2.75) is 33.7 Å². The van der Waals surface area contributed by atoms with Crippen LogP contribution in [-0.4, -0.2) is 16.7 Å². The Morgan fingerprint density at radius 1 is 1.29 bits per heavy atom. The normalized spacial score (nSPS) is 12.0. The summed E-state index contributed by atoms with van der Waals surface area (Å²) < 4.78 is 42.1. The maximum Gasteiger partial charge on any atom is 0.573 e. The molecule has 0 fully saturated rings. The monoisotopic (exact) mass is 380 g/mol. The summed E-state index contributed by atoms with van der Waals surface area (Å²) in [6.07, 6.45) is -4.72. The number of Topliss-reactive ketones (excluding diaryl/α,β-unsaturated/α-hetero) is 1. The number of benzene rings is 1. The van der Waals surface area contributed by atoms with E-state index >= 15 is 0 Å². The van der Waals surface area contributed by atoms with Crippen LogP contribution >= 0.6 is 23.7 Å². The van der Waals surface area contributed by atoms with E-state index in [4.69, 9.17) is 0 Å². The molecule has 2 aromatic rings. The molecule has 0 radical (unpaired) electrons. The van der Waals surface area contributed by atoms with E-state index in [-0.39, 0.29) is 23.9 Å². The number of nitrogens with zero attached hydrogens (tertiary/aromatic N) is 2. The lowest BCUT2D eigenvalue weighted by Crippen LogP contribution is -2.17. The molecule has 0 N–H and O–H groups in total. The van der Waals surface area contributed by atoms with Gasteiger partial charge in [-0.25, -0.2) is 4.99 Å². The molecule has 1 aromatic carbocycles. The first-order valence-corrected chi connectivity index (χ1v) is 7.64. The minimum atomic E-state index is -4.72. The molecular weight excluding hydrogens is 365 g/mol. The van der Waals surface area contributed by atoms with Gasteiger partial charge in [0, 0.05) is 19.2 Å². The maximum absolute atomic E-state index is 12.1. The van der Waals surface area contributed by atoms with Gasteiger partial charge in [0.1, 0.15) is 5.75 Å². The molecule has 0 spiro atoms. The number of hydrogen-bond acceptors (Lipinski definition) is 4. The highest BCUT2D eigenvalue weighted by atomic mass is 35.5. The van der Waals surface area contributed by atoms with E-state index in [1.807, 2.05) is 18.4 Å². The fourth-order valence-electron chi connectivity index (χ4n) is 2.10. The van der Waals surface area contributed by atoms with E-state index in [1.54, 1.807) is 0 Å². The van der Waals surface area contributed by atoms with Crippen LogP contribution in [0.5, 0.6) is 5.75 Å². The number of rotatable bonds is 4. The highest BCUT2D eigenvalue weighted by molar-refractivity contribution is 7.11. The Morgan fingerprint density at radius 2 is 1.88 bits per heavy atom. The molecule has 132 valence electrons. The number of thiazole rings is 1. The molecule has 9 heteroatoms. The van der Waals surface area contributed by atoms with Crippen molar-refractivity contribution in [3.05, 3.63) is 39.6 Å². The summed E-state index contributed by atoms with van der Waals surface area (Å²) in [5, 5.41) is 0. The van der Waals surface area contributed by atoms with Crippen LogP contribution in [0.4, 0.5) is 18.9 Å². The van der Waals surface area contributed by atoms with Gasteiger partial charge in [0.2, 0.25) is 0 Å². The third-order valence-corrected chi connectivity index (χ3v) is 4.37. The molecule has 0 unspecified atom stereocenters. The highest BCUT2D eigenvalue weighted by Crippen LogP contribution is 2.25. The number of carbonyl (C=O) groups is 1. The molecular formula is C15H16ClF3N2O2S. The standard InChI is InChI=1S/C15H15F3N2O2S.ClH/c1-4-20-9(2)13(10(3)21)23-14(20)19-11-5-7-12(8-6-11)22-15(16,17)18;/h5-8H,4H2,1-3H3;1H. The zero-order chi connectivity index (χ0) is 17.2. The lowest BCUT2D eigenvalue weighted by atomic mass is 10.3. The Labute approximate surface area is 147 Å². The van der Waals surface area contributed by atoms with E-state index in [0.717, 1.165) is 5.69 Å². The van der Waals surface area contributed by atoms with Gasteiger partial charge in [-0.15, -0.1) is 25.6 Å². The molecule has 1 aromatic heterocycles. The Balaban J connectivity index is 0.00000288. The Hall–Kier alpha value is -1.80. The van der Waals surface area contributed by atoms with Crippen molar-refractivity contribution in [1.82, 2.24) is 4.57 Å². The number of aromatic nitrogens is 1. The fourth-order valence-corrected chi connectivity index (χ4v) is 3.21. The fraction of sp³-hybridized carbons (Fsp3) is 0.333. The smallest absolute Gasteiger partial charge is 0.406 e. The van der Waals surface area contributed by atoms with Crippen LogP contribution in [0, 0.1) is 6.92 Å². The maximum atomic E-state index is 12.1. The van der Waals surface area contributed by atoms with Gasteiger partial charge in [-0.05, 0) is 38.1 Å². The third kappa shape index (κ3) is 4.85. The number of hydrogen-bond donors (Lipinski definition) is 0. The van der Waals surface area contributed by atoms with Gasteiger partial charge in [-0.1, -0.05) is 11.3 Å². The molecule has 2 rings (SSSR count). The zero-order valence-corrected chi connectivity index (χ0v) is 14.8. The van der Waals surface area contributed by atoms with Crippen LogP contribution < -0.4 is 9.54 Å². The quantitative estimate of drug-likeness (QED) is 0.725. The van der Waals surface area contributed by atoms with Gasteiger partial charge in [0.05, 0.1) is 10.6 Å². The molecule has 0 saturated carbocycles. The second-order valence-corrected chi connectivity index (χ2v) is 5.73. The minimum absolute atomic E-state index is 0. The average molecular weight is 381 g/mol. The molecule has 0 aliphatic carbocycles. The predicted octanol–water partition coefficient (Wildman–Crippen LogP) is 4.63. The zero-order valence-electron chi connectivity index (χ0n) is 13.2. The molecule has 0 aliphatic rings. The summed E-state index contributed by atoms with van der Waals surface area (Å²) in [6, 6.07) is 5.27. The highest BCUT2D eigenvalue weighted by Gasteiger charge is 2.30. The molecule has 24 heavy (non-hydrogen) atoms. The van der Waals surface area contributed by atoms with Crippen molar-refractivity contribution < 1.29 is 22.7 Å². The van der Waals surface area contributed by atoms with E-state index in [2.05, 4.69) is 9.73 Å². The summed E-state index contributed by atoms with van der Waals surface area (Å²) in [7, 11) is 0. The van der Waals surface area contributed by atoms with Crippen LogP contribution in [0.15, 0.2) is 29.3 Å². The van der Waals surface area contributed by atoms with E-state index in [0.29, 0.717) is 21.9 Å². The summed E-state index contributed by atoms with van der Waals surface area (Å²) in [6.45, 7) is 5.91. The van der Waals surface area contributed by atoms with Crippen molar-refractivity contribution in [2.75, 3.05) is 0 Å². The molecule has 0 saturated heterocycles. The SMILES string of the molecule is CCn1c(C)c(C(C)=O)sc1=Nc1ccc(OC(F)(F)F)cc1.Cl. The summed E-state index contributed by atoms with van der Waals surface area (Å²) >= 11 is 1.26. The molecule has 0 aliphatic heterocycles. The largest absolute Gasteiger partial charge is 0.573 e. The minimum Gasteiger partial charge on any atom is -0.406 e. The van der Waals surface area contributed by atoms with Crippen LogP contribution in [0.3, 0.4) is 0 Å². The molecule has 0 bridgehead atoms. The lowest BCUT2D eigenvalue weighted by Gasteiger charge is -2.08. The number of halogens is 4. The first kappa shape index (κ1) is 20.2. The number of alkyl halides is 3. The van der Waals surface area contributed by atoms with Crippen molar-refractivity contribution in [3.8, 4) is 5.75 Å². The first-order valence-electron chi connectivity index (χ1n) is 6.83. The number of ether oxygens (including phenoxy) is 1. The Bertz CT molecular complexity index is 779. The summed E-state index contributed by atoms with van der Waals surface area (Å²) in [5.74, 6) is -0.336. The molecule has 0 amide bonds. The van der Waals surface area contributed by atoms with Crippen molar-refractivity contribution in [3.63, 3.8) is 0 Å². The topological polar surface area (TPSA) is 43.6 Å². The van der Waals surface area contributed by atoms with Crippen LogP contribution in [0.1, 0.15) is 29.2 Å². The van der Waals surface area contributed by atoms with E-state index in [9.17, 15) is 18.0 Å². The van der Waals surface area contributed by atoms with Gasteiger partial charge < -0.3 is 9.30 Å². The van der Waals surface area contributed by atoms with Crippen LogP contribution in [-0.2, 0) is 6.54 Å². The first-order chi connectivity index (χ1) is 10.7. The molecule has 1 heterocycles. The molecule has 4 nitrogen and oxygen atoms in total. The van der Waals surface area contributed by atoms with Gasteiger partial charge in [0.25, 0.3) is 0 Å². The second kappa shape index (κ2) is 7.85. The van der Waals surface area contributed by atoms with Crippen LogP contribution in [0.25, 0.3) is 0 Å². The summed E-state index contributed by atoms with van der Waals surface area (Å²) in [4.78, 5) is 17.3. The Kier molecular flexibility index (Phi) is 6.62. The number of carbonyl (C=O) groups excluding carboxylic acids is 1. The van der Waals surface area contributed by atoms with E-state index < -0.39 is 6.36 Å². The average Bonchev–Trinajstić information content (AvgIpc) is 2.75. The van der Waals surface area contributed by atoms with Crippen molar-refractivity contribution in [1.29, 1.82) is 0 Å². The second-order valence-electron chi connectivity index (χ2n) is 4.75. The van der Waals surface area contributed by atoms with Crippen molar-refractivity contribution in [2.24, 2.45) is 4.99 Å². The Morgan fingerprint density at radius 3 is 2.33 bits per heavy atom. The third-order valence-electron chi connectivity index (χ3n) is 3.09. The lowest BCUT2D eigenvalue weighted by molar-refractivity contribution is -0.274. The molecule has 0 atom stereocenters. The van der Waals surface area contributed by atoms with E-state index in [1.165, 1.54) is 42.5 Å².